The van der Waals surface area contributed by atoms with Crippen molar-refractivity contribution in [3.63, 3.8) is 0 Å². The van der Waals surface area contributed by atoms with Crippen LogP contribution in [0.3, 0.4) is 0 Å². The Hall–Kier alpha value is -2.86. The Balaban J connectivity index is 0.00000462. The van der Waals surface area contributed by atoms with Crippen LogP contribution in [-0.2, 0) is 15.8 Å². The zero-order valence-corrected chi connectivity index (χ0v) is 25.0. The molecule has 1 aromatic heterocycles. The first kappa shape index (κ1) is 32.7. The molecule has 8 nitrogen and oxygen atoms in total. The number of alkyl halides is 3. The van der Waals surface area contributed by atoms with Gasteiger partial charge in [-0.2, -0.15) is 13.2 Å². The molecule has 0 atom stereocenters. The molecule has 0 bridgehead atoms. The molecule has 1 heterocycles. The van der Waals surface area contributed by atoms with Crippen molar-refractivity contribution < 1.29 is 66.6 Å². The molecular formula is C28H26ClF3N3NaO5. The number of anilines is 1. The van der Waals surface area contributed by atoms with E-state index in [0.717, 1.165) is 31.2 Å². The van der Waals surface area contributed by atoms with E-state index in [1.165, 1.54) is 18.2 Å². The van der Waals surface area contributed by atoms with Gasteiger partial charge in [-0.15, -0.1) is 0 Å². The average Bonchev–Trinajstić information content (AvgIpc) is 3.36. The van der Waals surface area contributed by atoms with Crippen molar-refractivity contribution in [2.24, 2.45) is 5.92 Å². The normalized spacial score (nSPS) is 16.9. The SMILES string of the molecule is O=C([O-])C[C@H]1CC[C@H](c2ccc(NC(=O)CCNC(=O)c3nc(-c4ccccc4Cl)oc3C(F)(F)F)cc2)CC1.[Na+]. The maximum Gasteiger partial charge on any atom is 1.00 e. The fourth-order valence-electron chi connectivity index (χ4n) is 4.79. The van der Waals surface area contributed by atoms with E-state index >= 15 is 0 Å². The Labute approximate surface area is 261 Å². The van der Waals surface area contributed by atoms with Gasteiger partial charge in [0.2, 0.25) is 17.6 Å². The summed E-state index contributed by atoms with van der Waals surface area (Å²) in [6, 6.07) is 13.3. The Morgan fingerprint density at radius 1 is 1.02 bits per heavy atom. The Morgan fingerprint density at radius 2 is 1.68 bits per heavy atom. The molecule has 0 aliphatic heterocycles. The van der Waals surface area contributed by atoms with Gasteiger partial charge in [0.15, 0.2) is 5.69 Å². The average molecular weight is 600 g/mol. The van der Waals surface area contributed by atoms with E-state index in [4.69, 9.17) is 16.0 Å². The molecule has 1 aliphatic carbocycles. The number of halogens is 4. The quantitative estimate of drug-likeness (QED) is 0.364. The van der Waals surface area contributed by atoms with Gasteiger partial charge in [-0.05, 0) is 73.8 Å². The fraction of sp³-hybridized carbons (Fsp3) is 0.357. The van der Waals surface area contributed by atoms with E-state index < -0.39 is 41.3 Å². The van der Waals surface area contributed by atoms with Crippen molar-refractivity contribution in [3.05, 3.63) is 70.6 Å². The zero-order chi connectivity index (χ0) is 28.9. The molecule has 3 aromatic rings. The van der Waals surface area contributed by atoms with Crippen LogP contribution in [0.5, 0.6) is 0 Å². The third kappa shape index (κ3) is 8.81. The molecule has 0 saturated heterocycles. The number of benzene rings is 2. The number of hydrogen-bond donors (Lipinski definition) is 2. The second-order valence-electron chi connectivity index (χ2n) is 9.64. The minimum atomic E-state index is -4.97. The molecule has 1 saturated carbocycles. The van der Waals surface area contributed by atoms with Crippen molar-refractivity contribution in [2.75, 3.05) is 11.9 Å². The molecular weight excluding hydrogens is 574 g/mol. The summed E-state index contributed by atoms with van der Waals surface area (Å²) in [6.45, 7) is -0.233. The number of aromatic nitrogens is 1. The van der Waals surface area contributed by atoms with Crippen molar-refractivity contribution in [1.29, 1.82) is 0 Å². The number of rotatable bonds is 9. The molecule has 2 N–H and O–H groups in total. The number of carboxylic acids is 1. The van der Waals surface area contributed by atoms with Crippen molar-refractivity contribution in [1.82, 2.24) is 10.3 Å². The summed E-state index contributed by atoms with van der Waals surface area (Å²) in [5.74, 6) is -4.14. The zero-order valence-electron chi connectivity index (χ0n) is 22.2. The van der Waals surface area contributed by atoms with Gasteiger partial charge in [0, 0.05) is 24.6 Å². The summed E-state index contributed by atoms with van der Waals surface area (Å²) in [5, 5.41) is 15.9. The van der Waals surface area contributed by atoms with Gasteiger partial charge in [0.05, 0.1) is 10.6 Å². The molecule has 41 heavy (non-hydrogen) atoms. The van der Waals surface area contributed by atoms with E-state index in [-0.39, 0.29) is 65.4 Å². The first-order valence-electron chi connectivity index (χ1n) is 12.7. The number of amides is 2. The monoisotopic (exact) mass is 599 g/mol. The van der Waals surface area contributed by atoms with E-state index in [0.29, 0.717) is 11.6 Å². The molecule has 13 heteroatoms. The number of aliphatic carboxylic acids is 1. The standard InChI is InChI=1S/C28H27ClF3N3O5.Na/c29-21-4-2-1-3-20(21)27-35-24(25(40-27)28(30,31)32)26(39)33-14-13-22(36)34-19-11-9-18(10-12-19)17-7-5-16(6-8-17)15-23(37)38;/h1-4,9-12,16-17H,5-8,13-15H2,(H,33,39)(H,34,36)(H,37,38);/q;+1/p-1/t16-,17-;. The van der Waals surface area contributed by atoms with Crippen molar-refractivity contribution in [3.8, 4) is 11.5 Å². The topological polar surface area (TPSA) is 124 Å². The van der Waals surface area contributed by atoms with Crippen LogP contribution in [0.1, 0.15) is 66.3 Å². The molecule has 2 aromatic carbocycles. The Bertz CT molecular complexity index is 1370. The minimum absolute atomic E-state index is 0. The van der Waals surface area contributed by atoms with Crippen molar-refractivity contribution >= 4 is 35.1 Å². The van der Waals surface area contributed by atoms with Crippen LogP contribution >= 0.6 is 11.6 Å². The predicted molar refractivity (Wildman–Crippen MR) is 138 cm³/mol. The van der Waals surface area contributed by atoms with E-state index in [2.05, 4.69) is 15.6 Å². The van der Waals surface area contributed by atoms with E-state index in [9.17, 15) is 32.7 Å². The number of nitrogens with one attached hydrogen (secondary N) is 2. The fourth-order valence-corrected chi connectivity index (χ4v) is 5.00. The molecule has 4 rings (SSSR count). The number of nitrogens with zero attached hydrogens (tertiary/aromatic N) is 1. The van der Waals surface area contributed by atoms with Crippen LogP contribution in [0, 0.1) is 5.92 Å². The Kier molecular flexibility index (Phi) is 11.4. The largest absolute Gasteiger partial charge is 1.00 e. The van der Waals surface area contributed by atoms with Gasteiger partial charge in [-0.25, -0.2) is 4.98 Å². The van der Waals surface area contributed by atoms with Gasteiger partial charge < -0.3 is 25.0 Å². The summed E-state index contributed by atoms with van der Waals surface area (Å²) in [7, 11) is 0. The summed E-state index contributed by atoms with van der Waals surface area (Å²) < 4.78 is 45.4. The van der Waals surface area contributed by atoms with Crippen molar-refractivity contribution in [2.45, 2.75) is 50.6 Å². The molecule has 0 unspecified atom stereocenters. The first-order chi connectivity index (χ1) is 19.0. The van der Waals surface area contributed by atoms with Crippen LogP contribution in [-0.4, -0.2) is 29.3 Å². The molecule has 212 valence electrons. The molecule has 1 fully saturated rings. The molecule has 2 amide bonds. The van der Waals surface area contributed by atoms with E-state index in [1.807, 2.05) is 12.1 Å². The number of oxazole rings is 1. The first-order valence-corrected chi connectivity index (χ1v) is 13.1. The van der Waals surface area contributed by atoms with Gasteiger partial charge in [0.25, 0.3) is 5.91 Å². The molecule has 0 radical (unpaired) electrons. The molecule has 1 aliphatic rings. The van der Waals surface area contributed by atoms with Crippen LogP contribution in [0.15, 0.2) is 52.9 Å². The number of carbonyl (C=O) groups is 3. The van der Waals surface area contributed by atoms with Gasteiger partial charge in [-0.3, -0.25) is 9.59 Å². The van der Waals surface area contributed by atoms with Gasteiger partial charge >= 0.3 is 35.7 Å². The second-order valence-corrected chi connectivity index (χ2v) is 10.1. The summed E-state index contributed by atoms with van der Waals surface area (Å²) in [6.07, 6.45) is -1.67. The van der Waals surface area contributed by atoms with Crippen LogP contribution in [0.25, 0.3) is 11.5 Å². The third-order valence-corrected chi connectivity index (χ3v) is 7.14. The summed E-state index contributed by atoms with van der Waals surface area (Å²) in [5.41, 5.74) is 0.780. The summed E-state index contributed by atoms with van der Waals surface area (Å²) in [4.78, 5) is 39.4. The van der Waals surface area contributed by atoms with Crippen LogP contribution < -0.4 is 45.3 Å². The minimum Gasteiger partial charge on any atom is -0.550 e. The van der Waals surface area contributed by atoms with Crippen LogP contribution in [0.4, 0.5) is 18.9 Å². The number of carbonyl (C=O) groups excluding carboxylic acids is 3. The Morgan fingerprint density at radius 3 is 2.29 bits per heavy atom. The predicted octanol–water partition coefficient (Wildman–Crippen LogP) is 2.19. The second kappa shape index (κ2) is 14.4. The maximum absolute atomic E-state index is 13.5. The van der Waals surface area contributed by atoms with Gasteiger partial charge in [0.1, 0.15) is 0 Å². The van der Waals surface area contributed by atoms with Gasteiger partial charge in [-0.1, -0.05) is 35.9 Å². The number of hydrogen-bond acceptors (Lipinski definition) is 6. The smallest absolute Gasteiger partial charge is 0.550 e. The van der Waals surface area contributed by atoms with E-state index in [1.54, 1.807) is 18.2 Å². The molecule has 0 spiro atoms. The van der Waals surface area contributed by atoms with Crippen LogP contribution in [0.2, 0.25) is 5.02 Å². The number of carboxylic acid groups (broad SMARTS) is 1. The summed E-state index contributed by atoms with van der Waals surface area (Å²) >= 11 is 6.02. The maximum atomic E-state index is 13.5. The third-order valence-electron chi connectivity index (χ3n) is 6.81.